The van der Waals surface area contributed by atoms with Crippen LogP contribution in [-0.2, 0) is 4.79 Å². The Labute approximate surface area is 143 Å². The number of urea groups is 1. The van der Waals surface area contributed by atoms with Crippen LogP contribution < -0.4 is 5.32 Å². The van der Waals surface area contributed by atoms with Gasteiger partial charge in [-0.3, -0.25) is 4.79 Å². The SMILES string of the molecule is O=C(O)C1CCN(C(=O)NC(c2ccccc2)C2CCCC2)CC1. The van der Waals surface area contributed by atoms with Crippen molar-refractivity contribution in [3.8, 4) is 0 Å². The minimum Gasteiger partial charge on any atom is -0.481 e. The number of carbonyl (C=O) groups excluding carboxylic acids is 1. The molecular formula is C19H26N2O3. The number of carboxylic acid groups (broad SMARTS) is 1. The molecule has 0 radical (unpaired) electrons. The first-order chi connectivity index (χ1) is 11.6. The average Bonchev–Trinajstić information content (AvgIpc) is 3.14. The Morgan fingerprint density at radius 2 is 1.67 bits per heavy atom. The maximum atomic E-state index is 12.7. The summed E-state index contributed by atoms with van der Waals surface area (Å²) >= 11 is 0. The van der Waals surface area contributed by atoms with E-state index in [1.807, 2.05) is 18.2 Å². The molecule has 0 spiro atoms. The van der Waals surface area contributed by atoms with Gasteiger partial charge in [0, 0.05) is 13.1 Å². The lowest BCUT2D eigenvalue weighted by Crippen LogP contribution is -2.47. The van der Waals surface area contributed by atoms with Gasteiger partial charge < -0.3 is 15.3 Å². The summed E-state index contributed by atoms with van der Waals surface area (Å²) in [7, 11) is 0. The van der Waals surface area contributed by atoms with Gasteiger partial charge in [-0.1, -0.05) is 43.2 Å². The Balaban J connectivity index is 1.64. The Hall–Kier alpha value is -2.04. The van der Waals surface area contributed by atoms with Crippen LogP contribution in [0, 0.1) is 11.8 Å². The van der Waals surface area contributed by atoms with E-state index >= 15 is 0 Å². The van der Waals surface area contributed by atoms with E-state index in [0.29, 0.717) is 31.8 Å². The fourth-order valence-corrected chi connectivity index (χ4v) is 3.98. The van der Waals surface area contributed by atoms with Crippen molar-refractivity contribution in [1.29, 1.82) is 0 Å². The van der Waals surface area contributed by atoms with Gasteiger partial charge in [-0.15, -0.1) is 0 Å². The van der Waals surface area contributed by atoms with E-state index in [4.69, 9.17) is 5.11 Å². The van der Waals surface area contributed by atoms with Crippen LogP contribution in [0.15, 0.2) is 30.3 Å². The van der Waals surface area contributed by atoms with Crippen LogP contribution in [0.1, 0.15) is 50.1 Å². The van der Waals surface area contributed by atoms with Crippen molar-refractivity contribution in [2.45, 2.75) is 44.6 Å². The number of rotatable bonds is 4. The molecule has 1 atom stereocenters. The van der Waals surface area contributed by atoms with Crippen LogP contribution in [-0.4, -0.2) is 35.1 Å². The molecule has 1 saturated heterocycles. The highest BCUT2D eigenvalue weighted by molar-refractivity contribution is 5.76. The van der Waals surface area contributed by atoms with Crippen molar-refractivity contribution in [1.82, 2.24) is 10.2 Å². The number of benzene rings is 1. The zero-order valence-electron chi connectivity index (χ0n) is 14.0. The maximum Gasteiger partial charge on any atom is 0.317 e. The molecule has 2 aliphatic rings. The molecule has 5 nitrogen and oxygen atoms in total. The molecule has 1 aliphatic carbocycles. The van der Waals surface area contributed by atoms with E-state index in [-0.39, 0.29) is 18.0 Å². The summed E-state index contributed by atoms with van der Waals surface area (Å²) in [5.74, 6) is -0.565. The molecule has 2 fully saturated rings. The first-order valence-electron chi connectivity index (χ1n) is 8.98. The fourth-order valence-electron chi connectivity index (χ4n) is 3.98. The second kappa shape index (κ2) is 7.69. The number of nitrogens with one attached hydrogen (secondary N) is 1. The quantitative estimate of drug-likeness (QED) is 0.888. The summed E-state index contributed by atoms with van der Waals surface area (Å²) < 4.78 is 0. The van der Waals surface area contributed by atoms with Crippen molar-refractivity contribution >= 4 is 12.0 Å². The van der Waals surface area contributed by atoms with Crippen LogP contribution in [0.3, 0.4) is 0 Å². The molecule has 1 heterocycles. The third kappa shape index (κ3) is 3.89. The molecule has 5 heteroatoms. The smallest absolute Gasteiger partial charge is 0.317 e. The van der Waals surface area contributed by atoms with Gasteiger partial charge in [-0.05, 0) is 37.2 Å². The number of nitrogens with zero attached hydrogens (tertiary/aromatic N) is 1. The normalized spacial score (nSPS) is 20.8. The summed E-state index contributed by atoms with van der Waals surface area (Å²) in [6.45, 7) is 1.05. The van der Waals surface area contributed by atoms with Gasteiger partial charge in [-0.25, -0.2) is 4.79 Å². The maximum absolute atomic E-state index is 12.7. The monoisotopic (exact) mass is 330 g/mol. The Bertz CT molecular complexity index is 561. The van der Waals surface area contributed by atoms with Gasteiger partial charge in [0.2, 0.25) is 0 Å². The van der Waals surface area contributed by atoms with E-state index in [0.717, 1.165) is 18.4 Å². The highest BCUT2D eigenvalue weighted by Crippen LogP contribution is 2.36. The number of carboxylic acids is 1. The van der Waals surface area contributed by atoms with Crippen LogP contribution in [0.5, 0.6) is 0 Å². The van der Waals surface area contributed by atoms with E-state index in [1.54, 1.807) is 4.90 Å². The van der Waals surface area contributed by atoms with Gasteiger partial charge in [0.25, 0.3) is 0 Å². The highest BCUT2D eigenvalue weighted by Gasteiger charge is 2.31. The largest absolute Gasteiger partial charge is 0.481 e. The second-order valence-corrected chi connectivity index (χ2v) is 6.98. The predicted molar refractivity (Wildman–Crippen MR) is 91.6 cm³/mol. The topological polar surface area (TPSA) is 69.6 Å². The van der Waals surface area contributed by atoms with Crippen LogP contribution >= 0.6 is 0 Å². The summed E-state index contributed by atoms with van der Waals surface area (Å²) in [6.07, 6.45) is 5.86. The summed E-state index contributed by atoms with van der Waals surface area (Å²) in [5, 5.41) is 12.3. The molecule has 3 rings (SSSR count). The minimum absolute atomic E-state index is 0.0541. The number of carbonyl (C=O) groups is 2. The molecule has 24 heavy (non-hydrogen) atoms. The molecule has 130 valence electrons. The molecule has 1 saturated carbocycles. The first-order valence-corrected chi connectivity index (χ1v) is 8.98. The van der Waals surface area contributed by atoms with Gasteiger partial charge in [0.1, 0.15) is 0 Å². The Morgan fingerprint density at radius 3 is 2.25 bits per heavy atom. The van der Waals surface area contributed by atoms with Crippen molar-refractivity contribution < 1.29 is 14.7 Å². The lowest BCUT2D eigenvalue weighted by atomic mass is 9.91. The summed E-state index contributed by atoms with van der Waals surface area (Å²) in [4.78, 5) is 25.5. The van der Waals surface area contributed by atoms with E-state index in [2.05, 4.69) is 17.4 Å². The molecule has 1 aromatic carbocycles. The van der Waals surface area contributed by atoms with Gasteiger partial charge in [0.05, 0.1) is 12.0 Å². The molecule has 1 aliphatic heterocycles. The van der Waals surface area contributed by atoms with Crippen LogP contribution in [0.25, 0.3) is 0 Å². The molecule has 0 aromatic heterocycles. The number of likely N-dealkylation sites (tertiary alicyclic amines) is 1. The third-order valence-corrected chi connectivity index (χ3v) is 5.44. The molecule has 1 aromatic rings. The van der Waals surface area contributed by atoms with Crippen molar-refractivity contribution in [2.24, 2.45) is 11.8 Å². The van der Waals surface area contributed by atoms with Gasteiger partial charge in [0.15, 0.2) is 0 Å². The summed E-state index contributed by atoms with van der Waals surface area (Å²) in [5.41, 5.74) is 1.16. The van der Waals surface area contributed by atoms with E-state index < -0.39 is 5.97 Å². The van der Waals surface area contributed by atoms with E-state index in [1.165, 1.54) is 12.8 Å². The first kappa shape index (κ1) is 16.8. The molecular weight excluding hydrogens is 304 g/mol. The molecule has 2 amide bonds. The minimum atomic E-state index is -0.747. The fraction of sp³-hybridized carbons (Fsp3) is 0.579. The molecule has 2 N–H and O–H groups in total. The number of aliphatic carboxylic acids is 1. The highest BCUT2D eigenvalue weighted by atomic mass is 16.4. The van der Waals surface area contributed by atoms with E-state index in [9.17, 15) is 9.59 Å². The molecule has 0 bridgehead atoms. The van der Waals surface area contributed by atoms with Gasteiger partial charge in [-0.2, -0.15) is 0 Å². The second-order valence-electron chi connectivity index (χ2n) is 6.98. The van der Waals surface area contributed by atoms with Crippen molar-refractivity contribution in [3.63, 3.8) is 0 Å². The summed E-state index contributed by atoms with van der Waals surface area (Å²) in [6, 6.07) is 10.2. The van der Waals surface area contributed by atoms with Crippen molar-refractivity contribution in [2.75, 3.05) is 13.1 Å². The average molecular weight is 330 g/mol. The number of hydrogen-bond acceptors (Lipinski definition) is 2. The lowest BCUT2D eigenvalue weighted by molar-refractivity contribution is -0.143. The van der Waals surface area contributed by atoms with Crippen LogP contribution in [0.2, 0.25) is 0 Å². The lowest BCUT2D eigenvalue weighted by Gasteiger charge is -2.33. The Kier molecular flexibility index (Phi) is 5.38. The predicted octanol–water partition coefficient (Wildman–Crippen LogP) is 3.42. The van der Waals surface area contributed by atoms with Crippen molar-refractivity contribution in [3.05, 3.63) is 35.9 Å². The standard InChI is InChI=1S/C19H26N2O3/c22-18(23)16-10-12-21(13-11-16)19(24)20-17(15-8-4-5-9-15)14-6-2-1-3-7-14/h1-3,6-7,15-17H,4-5,8-13H2,(H,20,24)(H,22,23). The van der Waals surface area contributed by atoms with Gasteiger partial charge >= 0.3 is 12.0 Å². The zero-order valence-corrected chi connectivity index (χ0v) is 14.0. The molecule has 1 unspecified atom stereocenters. The number of hydrogen-bond donors (Lipinski definition) is 2. The third-order valence-electron chi connectivity index (χ3n) is 5.44. The van der Waals surface area contributed by atoms with Crippen LogP contribution in [0.4, 0.5) is 4.79 Å². The number of amides is 2. The number of piperidine rings is 1. The Morgan fingerprint density at radius 1 is 1.04 bits per heavy atom. The zero-order chi connectivity index (χ0) is 16.9.